The monoisotopic (exact) mass is 311 g/mol. The van der Waals surface area contributed by atoms with Crippen molar-refractivity contribution in [3.63, 3.8) is 0 Å². The summed E-state index contributed by atoms with van der Waals surface area (Å²) < 4.78 is 0. The molecule has 0 saturated heterocycles. The van der Waals surface area contributed by atoms with Gasteiger partial charge < -0.3 is 10.4 Å². The second-order valence-electron chi connectivity index (χ2n) is 6.17. The molecule has 1 unspecified atom stereocenters. The predicted octanol–water partition coefficient (Wildman–Crippen LogP) is 1.90. The number of carbonyl (C=O) groups is 1. The van der Waals surface area contributed by atoms with Gasteiger partial charge >= 0.3 is 0 Å². The highest BCUT2D eigenvalue weighted by atomic mass is 16.3. The third kappa shape index (κ3) is 3.93. The molecule has 0 spiro atoms. The summed E-state index contributed by atoms with van der Waals surface area (Å²) >= 11 is 0. The van der Waals surface area contributed by atoms with Crippen LogP contribution >= 0.6 is 0 Å². The molecule has 1 fully saturated rings. The molecule has 2 aromatic rings. The van der Waals surface area contributed by atoms with E-state index in [1.807, 2.05) is 18.2 Å². The Hall–Kier alpha value is -2.27. The normalized spacial score (nSPS) is 21.3. The molecule has 1 aliphatic rings. The Bertz CT molecular complexity index is 652. The Morgan fingerprint density at radius 2 is 1.91 bits per heavy atom. The Balaban J connectivity index is 1.70. The summed E-state index contributed by atoms with van der Waals surface area (Å²) in [5, 5.41) is 12.7. The summed E-state index contributed by atoms with van der Waals surface area (Å²) in [5.74, 6) is 0.789. The number of nitrogens with one attached hydrogen (secondary N) is 1. The number of amides is 1. The third-order valence-electron chi connectivity index (χ3n) is 4.38. The molecule has 5 nitrogen and oxygen atoms in total. The second kappa shape index (κ2) is 6.87. The smallest absolute Gasteiger partial charge is 0.254 e. The Labute approximate surface area is 135 Å². The van der Waals surface area contributed by atoms with Gasteiger partial charge in [0.05, 0.1) is 11.7 Å². The van der Waals surface area contributed by atoms with Crippen LogP contribution in [0.15, 0.2) is 42.7 Å². The minimum atomic E-state index is -0.238. The average Bonchev–Trinajstić information content (AvgIpc) is 2.53. The number of nitrogens with zero attached hydrogens (tertiary/aromatic N) is 2. The number of aromatic nitrogens is 2. The molecular formula is C18H21N3O2. The van der Waals surface area contributed by atoms with E-state index in [9.17, 15) is 9.90 Å². The van der Waals surface area contributed by atoms with Gasteiger partial charge in [0.2, 0.25) is 0 Å². The second-order valence-corrected chi connectivity index (χ2v) is 6.17. The zero-order valence-corrected chi connectivity index (χ0v) is 13.1. The van der Waals surface area contributed by atoms with Crippen molar-refractivity contribution in [2.24, 2.45) is 5.92 Å². The first-order valence-electron chi connectivity index (χ1n) is 7.93. The summed E-state index contributed by atoms with van der Waals surface area (Å²) in [6.45, 7) is 1.79. The molecule has 1 aliphatic carbocycles. The van der Waals surface area contributed by atoms with Gasteiger partial charge in [0.15, 0.2) is 0 Å². The maximum atomic E-state index is 12.4. The first kappa shape index (κ1) is 15.6. The highest BCUT2D eigenvalue weighted by Gasteiger charge is 2.34. The molecule has 0 bridgehead atoms. The predicted molar refractivity (Wildman–Crippen MR) is 86.9 cm³/mol. The lowest BCUT2D eigenvalue weighted by atomic mass is 9.75. The molecule has 1 saturated carbocycles. The van der Waals surface area contributed by atoms with Crippen LogP contribution in [0.5, 0.6) is 0 Å². The van der Waals surface area contributed by atoms with Gasteiger partial charge in [-0.3, -0.25) is 4.79 Å². The van der Waals surface area contributed by atoms with Crippen molar-refractivity contribution in [1.29, 1.82) is 0 Å². The Kier molecular flexibility index (Phi) is 4.67. The highest BCUT2D eigenvalue weighted by molar-refractivity contribution is 5.93. The van der Waals surface area contributed by atoms with Crippen molar-refractivity contribution in [3.8, 4) is 0 Å². The zero-order chi connectivity index (χ0) is 16.2. The van der Waals surface area contributed by atoms with E-state index in [2.05, 4.69) is 27.4 Å². The van der Waals surface area contributed by atoms with Crippen LogP contribution < -0.4 is 5.32 Å². The minimum absolute atomic E-state index is 0.00889. The first-order valence-corrected chi connectivity index (χ1v) is 7.93. The van der Waals surface area contributed by atoms with Gasteiger partial charge in [0.1, 0.15) is 5.82 Å². The molecule has 5 heteroatoms. The molecule has 1 aromatic heterocycles. The SMILES string of the molecule is Cc1ncc(C(=O)NC(Cc2ccccc2)C2CC(O)C2)cn1. The van der Waals surface area contributed by atoms with Gasteiger partial charge in [-0.05, 0) is 37.7 Å². The van der Waals surface area contributed by atoms with Crippen molar-refractivity contribution in [2.45, 2.75) is 38.3 Å². The number of hydrogen-bond donors (Lipinski definition) is 2. The molecule has 3 rings (SSSR count). The number of aliphatic hydroxyl groups is 1. The number of carbonyl (C=O) groups excluding carboxylic acids is 1. The summed E-state index contributed by atoms with van der Waals surface area (Å²) in [6.07, 6.45) is 5.10. The summed E-state index contributed by atoms with van der Waals surface area (Å²) in [6, 6.07) is 10.1. The van der Waals surface area contributed by atoms with Gasteiger partial charge in [0, 0.05) is 18.4 Å². The van der Waals surface area contributed by atoms with E-state index >= 15 is 0 Å². The van der Waals surface area contributed by atoms with Crippen LogP contribution in [0.3, 0.4) is 0 Å². The van der Waals surface area contributed by atoms with Gasteiger partial charge in [-0.15, -0.1) is 0 Å². The lowest BCUT2D eigenvalue weighted by Crippen LogP contribution is -2.48. The fourth-order valence-corrected chi connectivity index (χ4v) is 2.92. The van der Waals surface area contributed by atoms with E-state index < -0.39 is 0 Å². The molecular weight excluding hydrogens is 290 g/mol. The van der Waals surface area contributed by atoms with E-state index in [-0.39, 0.29) is 18.1 Å². The topological polar surface area (TPSA) is 75.1 Å². The van der Waals surface area contributed by atoms with E-state index in [1.165, 1.54) is 5.56 Å². The standard InChI is InChI=1S/C18H21N3O2/c1-12-19-10-15(11-20-12)18(23)21-17(14-8-16(22)9-14)7-13-5-3-2-4-6-13/h2-6,10-11,14,16-17,22H,7-9H2,1H3,(H,21,23). The fraction of sp³-hybridized carbons (Fsp3) is 0.389. The van der Waals surface area contributed by atoms with E-state index in [4.69, 9.17) is 0 Å². The largest absolute Gasteiger partial charge is 0.393 e. The molecule has 23 heavy (non-hydrogen) atoms. The summed E-state index contributed by atoms with van der Waals surface area (Å²) in [5.41, 5.74) is 1.65. The zero-order valence-electron chi connectivity index (χ0n) is 13.1. The van der Waals surface area contributed by atoms with Crippen LogP contribution in [0.1, 0.15) is 34.6 Å². The fourth-order valence-electron chi connectivity index (χ4n) is 2.92. The van der Waals surface area contributed by atoms with Gasteiger partial charge in [0.25, 0.3) is 5.91 Å². The maximum absolute atomic E-state index is 12.4. The van der Waals surface area contributed by atoms with Crippen LogP contribution in [-0.2, 0) is 6.42 Å². The Morgan fingerprint density at radius 3 is 2.52 bits per heavy atom. The number of aliphatic hydroxyl groups excluding tert-OH is 1. The third-order valence-corrected chi connectivity index (χ3v) is 4.38. The van der Waals surface area contributed by atoms with Crippen molar-refractivity contribution in [3.05, 3.63) is 59.7 Å². The van der Waals surface area contributed by atoms with Crippen LogP contribution in [0.2, 0.25) is 0 Å². The highest BCUT2D eigenvalue weighted by Crippen LogP contribution is 2.31. The molecule has 1 amide bonds. The molecule has 1 atom stereocenters. The lowest BCUT2D eigenvalue weighted by Gasteiger charge is -2.38. The van der Waals surface area contributed by atoms with Gasteiger partial charge in [-0.2, -0.15) is 0 Å². The van der Waals surface area contributed by atoms with E-state index in [0.29, 0.717) is 17.3 Å². The summed E-state index contributed by atoms with van der Waals surface area (Å²) in [7, 11) is 0. The van der Waals surface area contributed by atoms with Crippen molar-refractivity contribution >= 4 is 5.91 Å². The first-order chi connectivity index (χ1) is 11.1. The molecule has 0 radical (unpaired) electrons. The van der Waals surface area contributed by atoms with Crippen molar-refractivity contribution in [1.82, 2.24) is 15.3 Å². The molecule has 2 N–H and O–H groups in total. The molecule has 120 valence electrons. The maximum Gasteiger partial charge on any atom is 0.254 e. The number of hydrogen-bond acceptors (Lipinski definition) is 4. The minimum Gasteiger partial charge on any atom is -0.393 e. The molecule has 1 aromatic carbocycles. The Morgan fingerprint density at radius 1 is 1.26 bits per heavy atom. The number of aryl methyl sites for hydroxylation is 1. The average molecular weight is 311 g/mol. The summed E-state index contributed by atoms with van der Waals surface area (Å²) in [4.78, 5) is 20.6. The van der Waals surface area contributed by atoms with Crippen molar-refractivity contribution < 1.29 is 9.90 Å². The van der Waals surface area contributed by atoms with Crippen LogP contribution in [0.25, 0.3) is 0 Å². The molecule has 0 aliphatic heterocycles. The lowest BCUT2D eigenvalue weighted by molar-refractivity contribution is 0.0239. The van der Waals surface area contributed by atoms with E-state index in [0.717, 1.165) is 19.3 Å². The van der Waals surface area contributed by atoms with Gasteiger partial charge in [-0.1, -0.05) is 30.3 Å². The van der Waals surface area contributed by atoms with Gasteiger partial charge in [-0.25, -0.2) is 9.97 Å². The quantitative estimate of drug-likeness (QED) is 0.884. The number of benzene rings is 1. The number of rotatable bonds is 5. The van der Waals surface area contributed by atoms with Crippen molar-refractivity contribution in [2.75, 3.05) is 0 Å². The van der Waals surface area contributed by atoms with Crippen LogP contribution in [-0.4, -0.2) is 33.1 Å². The van der Waals surface area contributed by atoms with Crippen LogP contribution in [0, 0.1) is 12.8 Å². The van der Waals surface area contributed by atoms with Crippen LogP contribution in [0.4, 0.5) is 0 Å². The molecule has 1 heterocycles. The van der Waals surface area contributed by atoms with E-state index in [1.54, 1.807) is 19.3 Å².